The summed E-state index contributed by atoms with van der Waals surface area (Å²) in [5, 5.41) is 13.6. The van der Waals surface area contributed by atoms with Crippen LogP contribution in [0.4, 0.5) is 0 Å². The van der Waals surface area contributed by atoms with Crippen LogP contribution in [-0.2, 0) is 0 Å². The fourth-order valence-corrected chi connectivity index (χ4v) is 4.04. The molecular formula is C15H29NO. The van der Waals surface area contributed by atoms with Crippen molar-refractivity contribution in [3.63, 3.8) is 0 Å². The van der Waals surface area contributed by atoms with E-state index in [0.717, 1.165) is 43.7 Å². The molecule has 2 rings (SSSR count). The first-order chi connectivity index (χ1) is 8.24. The first kappa shape index (κ1) is 13.4. The summed E-state index contributed by atoms with van der Waals surface area (Å²) in [5.41, 5.74) is 0. The zero-order valence-corrected chi connectivity index (χ0v) is 11.5. The van der Waals surface area contributed by atoms with Crippen LogP contribution >= 0.6 is 0 Å². The average Bonchev–Trinajstić information content (AvgIpc) is 2.92. The average molecular weight is 239 g/mol. The molecule has 0 spiro atoms. The van der Waals surface area contributed by atoms with Gasteiger partial charge in [-0.2, -0.15) is 0 Å². The van der Waals surface area contributed by atoms with Crippen LogP contribution in [0.2, 0.25) is 0 Å². The van der Waals surface area contributed by atoms with E-state index in [9.17, 15) is 5.11 Å². The van der Waals surface area contributed by atoms with E-state index >= 15 is 0 Å². The summed E-state index contributed by atoms with van der Waals surface area (Å²) in [6.45, 7) is 6.28. The molecule has 2 heteroatoms. The molecule has 2 aliphatic rings. The molecule has 2 nitrogen and oxygen atoms in total. The molecule has 2 saturated carbocycles. The Balaban J connectivity index is 1.62. The highest BCUT2D eigenvalue weighted by atomic mass is 16.3. The molecule has 17 heavy (non-hydrogen) atoms. The molecule has 0 aromatic heterocycles. The van der Waals surface area contributed by atoms with E-state index in [-0.39, 0.29) is 6.10 Å². The van der Waals surface area contributed by atoms with E-state index < -0.39 is 0 Å². The lowest BCUT2D eigenvalue weighted by Gasteiger charge is -2.24. The van der Waals surface area contributed by atoms with Crippen molar-refractivity contribution in [3.8, 4) is 0 Å². The minimum absolute atomic E-state index is 0.149. The maximum atomic E-state index is 10.1. The Labute approximate surface area is 106 Å². The first-order valence-electron chi connectivity index (χ1n) is 7.63. The van der Waals surface area contributed by atoms with Gasteiger partial charge in [0.1, 0.15) is 0 Å². The molecule has 2 fully saturated rings. The van der Waals surface area contributed by atoms with Gasteiger partial charge in [-0.3, -0.25) is 0 Å². The normalized spacial score (nSPS) is 33.5. The zero-order valence-electron chi connectivity index (χ0n) is 11.5. The van der Waals surface area contributed by atoms with Crippen LogP contribution in [0.25, 0.3) is 0 Å². The standard InChI is InChI=1S/C15H29NO/c1-3-12(4-2)15(17)10-16-9-14-8-11-5-6-13(14)7-11/h11-17H,3-10H2,1-2H3. The van der Waals surface area contributed by atoms with Gasteiger partial charge in [0.25, 0.3) is 0 Å². The van der Waals surface area contributed by atoms with E-state index in [0.29, 0.717) is 5.92 Å². The second-order valence-corrected chi connectivity index (χ2v) is 6.24. The van der Waals surface area contributed by atoms with E-state index in [2.05, 4.69) is 19.2 Å². The van der Waals surface area contributed by atoms with Crippen molar-refractivity contribution in [3.05, 3.63) is 0 Å². The van der Waals surface area contributed by atoms with Crippen molar-refractivity contribution in [2.75, 3.05) is 13.1 Å². The van der Waals surface area contributed by atoms with Crippen LogP contribution < -0.4 is 5.32 Å². The molecule has 4 unspecified atom stereocenters. The molecule has 0 saturated heterocycles. The summed E-state index contributed by atoms with van der Waals surface area (Å²) in [7, 11) is 0. The van der Waals surface area contributed by atoms with Gasteiger partial charge >= 0.3 is 0 Å². The number of nitrogens with one attached hydrogen (secondary N) is 1. The number of hydrogen-bond donors (Lipinski definition) is 2. The van der Waals surface area contributed by atoms with Crippen LogP contribution in [0.5, 0.6) is 0 Å². The number of aliphatic hydroxyl groups is 1. The number of hydrogen-bond acceptors (Lipinski definition) is 2. The molecule has 0 aliphatic heterocycles. The maximum Gasteiger partial charge on any atom is 0.0692 e. The highest BCUT2D eigenvalue weighted by molar-refractivity contribution is 4.90. The predicted molar refractivity (Wildman–Crippen MR) is 71.9 cm³/mol. The lowest BCUT2D eigenvalue weighted by Crippen LogP contribution is -2.36. The molecule has 4 atom stereocenters. The molecule has 0 aromatic rings. The summed E-state index contributed by atoms with van der Waals surface area (Å²) in [4.78, 5) is 0. The molecule has 0 aromatic carbocycles. The smallest absolute Gasteiger partial charge is 0.0692 e. The van der Waals surface area contributed by atoms with Gasteiger partial charge in [0.2, 0.25) is 0 Å². The Morgan fingerprint density at radius 3 is 2.47 bits per heavy atom. The minimum Gasteiger partial charge on any atom is -0.392 e. The van der Waals surface area contributed by atoms with E-state index in [1.165, 1.54) is 25.7 Å². The van der Waals surface area contributed by atoms with Crippen molar-refractivity contribution >= 4 is 0 Å². The summed E-state index contributed by atoms with van der Waals surface area (Å²) < 4.78 is 0. The van der Waals surface area contributed by atoms with Gasteiger partial charge in [-0.15, -0.1) is 0 Å². The van der Waals surface area contributed by atoms with E-state index in [1.807, 2.05) is 0 Å². The second-order valence-electron chi connectivity index (χ2n) is 6.24. The van der Waals surface area contributed by atoms with Crippen molar-refractivity contribution in [2.24, 2.45) is 23.7 Å². The van der Waals surface area contributed by atoms with Gasteiger partial charge in [-0.05, 0) is 49.5 Å². The molecule has 0 heterocycles. The molecule has 0 amide bonds. The lowest BCUT2D eigenvalue weighted by molar-refractivity contribution is 0.0993. The SMILES string of the molecule is CCC(CC)C(O)CNCC1CC2CCC1C2. The van der Waals surface area contributed by atoms with E-state index in [4.69, 9.17) is 0 Å². The van der Waals surface area contributed by atoms with Gasteiger partial charge in [-0.25, -0.2) is 0 Å². The van der Waals surface area contributed by atoms with Gasteiger partial charge < -0.3 is 10.4 Å². The van der Waals surface area contributed by atoms with Crippen LogP contribution in [0.3, 0.4) is 0 Å². The zero-order chi connectivity index (χ0) is 12.3. The number of rotatable bonds is 7. The third kappa shape index (κ3) is 3.23. The second kappa shape index (κ2) is 6.19. The monoisotopic (exact) mass is 239 g/mol. The molecule has 2 aliphatic carbocycles. The van der Waals surface area contributed by atoms with E-state index in [1.54, 1.807) is 0 Å². The number of aliphatic hydroxyl groups excluding tert-OH is 1. The molecular weight excluding hydrogens is 210 g/mol. The Hall–Kier alpha value is -0.0800. The Kier molecular flexibility index (Phi) is 4.87. The van der Waals surface area contributed by atoms with Crippen molar-refractivity contribution in [1.29, 1.82) is 0 Å². The fourth-order valence-electron chi connectivity index (χ4n) is 4.04. The quantitative estimate of drug-likeness (QED) is 0.716. The summed E-state index contributed by atoms with van der Waals surface area (Å²) in [6.07, 6.45) is 7.91. The Morgan fingerprint density at radius 1 is 1.18 bits per heavy atom. The van der Waals surface area contributed by atoms with Gasteiger partial charge in [0, 0.05) is 6.54 Å². The largest absolute Gasteiger partial charge is 0.392 e. The fraction of sp³-hybridized carbons (Fsp3) is 1.00. The van der Waals surface area contributed by atoms with Gasteiger partial charge in [0.05, 0.1) is 6.10 Å². The van der Waals surface area contributed by atoms with Gasteiger partial charge in [-0.1, -0.05) is 33.1 Å². The molecule has 2 N–H and O–H groups in total. The third-order valence-electron chi connectivity index (χ3n) is 5.24. The Bertz CT molecular complexity index is 227. The lowest BCUT2D eigenvalue weighted by atomic mass is 9.88. The summed E-state index contributed by atoms with van der Waals surface area (Å²) in [5.74, 6) is 3.42. The molecule has 2 bridgehead atoms. The van der Waals surface area contributed by atoms with Crippen molar-refractivity contribution < 1.29 is 5.11 Å². The molecule has 0 radical (unpaired) electrons. The summed E-state index contributed by atoms with van der Waals surface area (Å²) in [6, 6.07) is 0. The maximum absolute atomic E-state index is 10.1. The topological polar surface area (TPSA) is 32.3 Å². The highest BCUT2D eigenvalue weighted by Gasteiger charge is 2.38. The van der Waals surface area contributed by atoms with Crippen LogP contribution in [0.1, 0.15) is 52.4 Å². The first-order valence-corrected chi connectivity index (χ1v) is 7.63. The Morgan fingerprint density at radius 2 is 1.94 bits per heavy atom. The predicted octanol–water partition coefficient (Wildman–Crippen LogP) is 2.81. The third-order valence-corrected chi connectivity index (χ3v) is 5.24. The van der Waals surface area contributed by atoms with Crippen LogP contribution in [0.15, 0.2) is 0 Å². The summed E-state index contributed by atoms with van der Waals surface area (Å²) >= 11 is 0. The minimum atomic E-state index is -0.149. The van der Waals surface area contributed by atoms with Crippen molar-refractivity contribution in [2.45, 2.75) is 58.5 Å². The molecule has 100 valence electrons. The van der Waals surface area contributed by atoms with Crippen LogP contribution in [0, 0.1) is 23.7 Å². The van der Waals surface area contributed by atoms with Crippen molar-refractivity contribution in [1.82, 2.24) is 5.32 Å². The highest BCUT2D eigenvalue weighted by Crippen LogP contribution is 2.47. The van der Waals surface area contributed by atoms with Crippen LogP contribution in [-0.4, -0.2) is 24.3 Å². The van der Waals surface area contributed by atoms with Gasteiger partial charge in [0.15, 0.2) is 0 Å². The number of fused-ring (bicyclic) bond motifs is 2.